The van der Waals surface area contributed by atoms with Gasteiger partial charge in [0.1, 0.15) is 0 Å². The highest BCUT2D eigenvalue weighted by Gasteiger charge is 2.26. The smallest absolute Gasteiger partial charge is 0.0322 e. The van der Waals surface area contributed by atoms with Crippen LogP contribution < -0.4 is 5.32 Å². The molecule has 1 aromatic rings. The molecule has 2 aliphatic carbocycles. The van der Waals surface area contributed by atoms with Gasteiger partial charge < -0.3 is 5.32 Å². The minimum Gasteiger partial charge on any atom is -0.310 e. The molecule has 0 heterocycles. The number of hydrogen-bond acceptors (Lipinski definition) is 1. The van der Waals surface area contributed by atoms with Crippen LogP contribution in [0.1, 0.15) is 61.8 Å². The van der Waals surface area contributed by atoms with Crippen LogP contribution in [0.4, 0.5) is 0 Å². The van der Waals surface area contributed by atoms with E-state index in [1.54, 1.807) is 11.1 Å². The topological polar surface area (TPSA) is 12.0 Å². The Labute approximate surface area is 111 Å². The van der Waals surface area contributed by atoms with E-state index in [-0.39, 0.29) is 0 Å². The van der Waals surface area contributed by atoms with Crippen LogP contribution in [0, 0.1) is 5.92 Å². The average Bonchev–Trinajstić information content (AvgIpc) is 3.22. The summed E-state index contributed by atoms with van der Waals surface area (Å²) in [6.07, 6.45) is 9.60. The molecular weight excluding hydrogens is 218 g/mol. The first-order valence-electron chi connectivity index (χ1n) is 7.72. The summed E-state index contributed by atoms with van der Waals surface area (Å²) in [6.45, 7) is 3.30. The Kier molecular flexibility index (Phi) is 3.69. The Morgan fingerprint density at radius 2 is 1.94 bits per heavy atom. The van der Waals surface area contributed by atoms with Crippen LogP contribution in [0.3, 0.4) is 0 Å². The van der Waals surface area contributed by atoms with Crippen molar-refractivity contribution in [1.82, 2.24) is 5.32 Å². The van der Waals surface area contributed by atoms with Gasteiger partial charge in [0.15, 0.2) is 0 Å². The molecule has 98 valence electrons. The van der Waals surface area contributed by atoms with Gasteiger partial charge in [-0.05, 0) is 61.3 Å². The molecule has 0 aromatic heterocycles. The van der Waals surface area contributed by atoms with E-state index in [4.69, 9.17) is 0 Å². The zero-order valence-corrected chi connectivity index (χ0v) is 11.5. The van der Waals surface area contributed by atoms with E-state index in [1.807, 2.05) is 0 Å². The van der Waals surface area contributed by atoms with Crippen molar-refractivity contribution in [3.63, 3.8) is 0 Å². The van der Waals surface area contributed by atoms with Gasteiger partial charge in [0.2, 0.25) is 0 Å². The van der Waals surface area contributed by atoms with Crippen molar-refractivity contribution in [2.24, 2.45) is 5.92 Å². The van der Waals surface area contributed by atoms with E-state index in [1.165, 1.54) is 50.5 Å². The lowest BCUT2D eigenvalue weighted by atomic mass is 9.88. The van der Waals surface area contributed by atoms with E-state index in [9.17, 15) is 0 Å². The first-order valence-corrected chi connectivity index (χ1v) is 7.72. The summed E-state index contributed by atoms with van der Waals surface area (Å²) in [5, 5.41) is 3.68. The van der Waals surface area contributed by atoms with E-state index >= 15 is 0 Å². The quantitative estimate of drug-likeness (QED) is 0.823. The Bertz CT molecular complexity index is 406. The first-order chi connectivity index (χ1) is 8.86. The standard InChI is InChI=1S/C17H25N/c1-2-18-17(11-13-7-8-13)16-10-9-14-5-3-4-6-15(14)12-16/h9-10,12-13,17-18H,2-8,11H2,1H3. The lowest BCUT2D eigenvalue weighted by Gasteiger charge is -2.22. The van der Waals surface area contributed by atoms with Crippen molar-refractivity contribution >= 4 is 0 Å². The molecule has 0 bridgehead atoms. The van der Waals surface area contributed by atoms with Crippen LogP contribution in [0.25, 0.3) is 0 Å². The third kappa shape index (κ3) is 2.77. The summed E-state index contributed by atoms with van der Waals surface area (Å²) in [7, 11) is 0. The molecule has 0 spiro atoms. The van der Waals surface area contributed by atoms with E-state index in [0.717, 1.165) is 12.5 Å². The third-order valence-corrected chi connectivity index (χ3v) is 4.49. The second-order valence-corrected chi connectivity index (χ2v) is 6.02. The summed E-state index contributed by atoms with van der Waals surface area (Å²) in [6, 6.07) is 7.85. The van der Waals surface area contributed by atoms with Crippen LogP contribution in [0.2, 0.25) is 0 Å². The number of benzene rings is 1. The summed E-state index contributed by atoms with van der Waals surface area (Å²) >= 11 is 0. The van der Waals surface area contributed by atoms with Gasteiger partial charge in [0.05, 0.1) is 0 Å². The van der Waals surface area contributed by atoms with Gasteiger partial charge >= 0.3 is 0 Å². The van der Waals surface area contributed by atoms with Gasteiger partial charge in [-0.15, -0.1) is 0 Å². The fourth-order valence-electron chi connectivity index (χ4n) is 3.24. The highest BCUT2D eigenvalue weighted by molar-refractivity contribution is 5.35. The van der Waals surface area contributed by atoms with Crippen LogP contribution in [-0.4, -0.2) is 6.54 Å². The second kappa shape index (κ2) is 5.44. The van der Waals surface area contributed by atoms with Gasteiger partial charge in [0, 0.05) is 6.04 Å². The van der Waals surface area contributed by atoms with Gasteiger partial charge in [-0.2, -0.15) is 0 Å². The zero-order valence-electron chi connectivity index (χ0n) is 11.5. The van der Waals surface area contributed by atoms with E-state index < -0.39 is 0 Å². The van der Waals surface area contributed by atoms with Crippen molar-refractivity contribution in [3.05, 3.63) is 34.9 Å². The summed E-state index contributed by atoms with van der Waals surface area (Å²) in [4.78, 5) is 0. The normalized spacial score (nSPS) is 20.5. The molecule has 0 radical (unpaired) electrons. The Balaban J connectivity index is 1.79. The Morgan fingerprint density at radius 3 is 2.67 bits per heavy atom. The predicted octanol–water partition coefficient (Wildman–Crippen LogP) is 4.02. The van der Waals surface area contributed by atoms with Crippen LogP contribution in [0.15, 0.2) is 18.2 Å². The Morgan fingerprint density at radius 1 is 1.17 bits per heavy atom. The zero-order chi connectivity index (χ0) is 12.4. The van der Waals surface area contributed by atoms with E-state index in [0.29, 0.717) is 6.04 Å². The van der Waals surface area contributed by atoms with Crippen molar-refractivity contribution < 1.29 is 0 Å². The number of nitrogens with one attached hydrogen (secondary N) is 1. The maximum Gasteiger partial charge on any atom is 0.0322 e. The monoisotopic (exact) mass is 243 g/mol. The molecule has 1 saturated carbocycles. The summed E-state index contributed by atoms with van der Waals surface area (Å²) < 4.78 is 0. The van der Waals surface area contributed by atoms with Gasteiger partial charge in [-0.3, -0.25) is 0 Å². The fourth-order valence-corrected chi connectivity index (χ4v) is 3.24. The largest absolute Gasteiger partial charge is 0.310 e. The maximum atomic E-state index is 3.68. The lowest BCUT2D eigenvalue weighted by Crippen LogP contribution is -2.22. The molecule has 0 aliphatic heterocycles. The molecule has 1 aromatic carbocycles. The van der Waals surface area contributed by atoms with Crippen LogP contribution >= 0.6 is 0 Å². The molecule has 1 fully saturated rings. The minimum absolute atomic E-state index is 0.592. The molecule has 2 aliphatic rings. The first kappa shape index (κ1) is 12.2. The molecule has 1 heteroatoms. The molecular formula is C17H25N. The van der Waals surface area contributed by atoms with Crippen molar-refractivity contribution in [2.45, 2.75) is 57.9 Å². The van der Waals surface area contributed by atoms with Crippen LogP contribution in [-0.2, 0) is 12.8 Å². The molecule has 1 nitrogen and oxygen atoms in total. The highest BCUT2D eigenvalue weighted by Crippen LogP contribution is 2.38. The van der Waals surface area contributed by atoms with Gasteiger partial charge in [0.25, 0.3) is 0 Å². The Hall–Kier alpha value is -0.820. The molecule has 0 amide bonds. The summed E-state index contributed by atoms with van der Waals surface area (Å²) in [5.74, 6) is 0.991. The predicted molar refractivity (Wildman–Crippen MR) is 76.8 cm³/mol. The van der Waals surface area contributed by atoms with E-state index in [2.05, 4.69) is 30.4 Å². The molecule has 0 saturated heterocycles. The lowest BCUT2D eigenvalue weighted by molar-refractivity contribution is 0.486. The van der Waals surface area contributed by atoms with Crippen molar-refractivity contribution in [2.75, 3.05) is 6.54 Å². The third-order valence-electron chi connectivity index (χ3n) is 4.49. The SMILES string of the molecule is CCNC(CC1CC1)c1ccc2c(c1)CCCC2. The summed E-state index contributed by atoms with van der Waals surface area (Å²) in [5.41, 5.74) is 4.76. The fraction of sp³-hybridized carbons (Fsp3) is 0.647. The second-order valence-electron chi connectivity index (χ2n) is 6.02. The molecule has 1 atom stereocenters. The highest BCUT2D eigenvalue weighted by atomic mass is 14.9. The number of rotatable bonds is 5. The van der Waals surface area contributed by atoms with Crippen molar-refractivity contribution in [1.29, 1.82) is 0 Å². The number of hydrogen-bond donors (Lipinski definition) is 1. The van der Waals surface area contributed by atoms with Gasteiger partial charge in [-0.1, -0.05) is 38.0 Å². The van der Waals surface area contributed by atoms with Gasteiger partial charge in [-0.25, -0.2) is 0 Å². The van der Waals surface area contributed by atoms with Crippen molar-refractivity contribution in [3.8, 4) is 0 Å². The average molecular weight is 243 g/mol. The van der Waals surface area contributed by atoms with Crippen LogP contribution in [0.5, 0.6) is 0 Å². The molecule has 1 unspecified atom stereocenters. The molecule has 18 heavy (non-hydrogen) atoms. The minimum atomic E-state index is 0.592. The molecule has 3 rings (SSSR count). The maximum absolute atomic E-state index is 3.68. The number of fused-ring (bicyclic) bond motifs is 1. The number of aryl methyl sites for hydroxylation is 2. The molecule has 1 N–H and O–H groups in total.